The van der Waals surface area contributed by atoms with Crippen LogP contribution in [-0.4, -0.2) is 45.4 Å². The third-order valence-electron chi connectivity index (χ3n) is 4.96. The molecule has 0 saturated carbocycles. The zero-order chi connectivity index (χ0) is 21.2. The Morgan fingerprint density at radius 1 is 1.07 bits per heavy atom. The lowest BCUT2D eigenvalue weighted by Crippen LogP contribution is -2.29. The molecule has 1 aliphatic rings. The number of anilines is 3. The van der Waals surface area contributed by atoms with Gasteiger partial charge in [0.05, 0.1) is 23.9 Å². The molecule has 0 bridgehead atoms. The molecule has 2 aromatic rings. The number of ether oxygens (including phenoxy) is 2. The summed E-state index contributed by atoms with van der Waals surface area (Å²) in [7, 11) is 0. The number of hydrogen-bond donors (Lipinski definition) is 2. The maximum absolute atomic E-state index is 12.4. The van der Waals surface area contributed by atoms with E-state index in [1.165, 1.54) is 24.9 Å². The van der Waals surface area contributed by atoms with Crippen LogP contribution >= 0.6 is 11.6 Å². The van der Waals surface area contributed by atoms with Crippen LogP contribution in [0, 0.1) is 0 Å². The minimum absolute atomic E-state index is 0.107. The lowest BCUT2D eigenvalue weighted by Gasteiger charge is -2.28. The van der Waals surface area contributed by atoms with Crippen molar-refractivity contribution >= 4 is 34.6 Å². The highest BCUT2D eigenvalue weighted by Gasteiger charge is 2.12. The zero-order valence-electron chi connectivity index (χ0n) is 17.5. The van der Waals surface area contributed by atoms with Crippen LogP contribution in [0.15, 0.2) is 42.5 Å². The van der Waals surface area contributed by atoms with Gasteiger partial charge in [0.15, 0.2) is 5.75 Å². The van der Waals surface area contributed by atoms with Crippen molar-refractivity contribution in [1.82, 2.24) is 0 Å². The number of para-hydroxylation sites is 1. The molecule has 30 heavy (non-hydrogen) atoms. The van der Waals surface area contributed by atoms with Gasteiger partial charge in [-0.1, -0.05) is 17.7 Å². The van der Waals surface area contributed by atoms with E-state index in [4.69, 9.17) is 21.1 Å². The number of amides is 1. The first-order chi connectivity index (χ1) is 14.7. The molecular formula is C23H30ClN3O3. The molecule has 0 aromatic heterocycles. The van der Waals surface area contributed by atoms with Crippen molar-refractivity contribution in [1.29, 1.82) is 0 Å². The van der Waals surface area contributed by atoms with Gasteiger partial charge in [-0.3, -0.25) is 4.79 Å². The van der Waals surface area contributed by atoms with Gasteiger partial charge in [0, 0.05) is 31.1 Å². The predicted octanol–water partition coefficient (Wildman–Crippen LogP) is 4.80. The summed E-state index contributed by atoms with van der Waals surface area (Å²) in [6, 6.07) is 13.4. The number of carbonyl (C=O) groups is 1. The van der Waals surface area contributed by atoms with E-state index in [-0.39, 0.29) is 12.5 Å². The summed E-state index contributed by atoms with van der Waals surface area (Å²) in [5.41, 5.74) is 2.66. The van der Waals surface area contributed by atoms with E-state index in [2.05, 4.69) is 27.7 Å². The number of piperidine rings is 1. The molecule has 2 aromatic carbocycles. The Hall–Kier alpha value is -2.44. The first-order valence-electron chi connectivity index (χ1n) is 10.5. The lowest BCUT2D eigenvalue weighted by atomic mass is 10.1. The highest BCUT2D eigenvalue weighted by molar-refractivity contribution is 6.32. The van der Waals surface area contributed by atoms with Gasteiger partial charge in [-0.15, -0.1) is 0 Å². The molecule has 0 atom stereocenters. The monoisotopic (exact) mass is 431 g/mol. The molecule has 7 heteroatoms. The Kier molecular flexibility index (Phi) is 8.66. The summed E-state index contributed by atoms with van der Waals surface area (Å²) < 4.78 is 11.0. The Morgan fingerprint density at radius 3 is 2.57 bits per heavy atom. The van der Waals surface area contributed by atoms with Gasteiger partial charge < -0.3 is 25.0 Å². The molecule has 1 heterocycles. The van der Waals surface area contributed by atoms with E-state index in [0.29, 0.717) is 36.3 Å². The second kappa shape index (κ2) is 11.7. The van der Waals surface area contributed by atoms with E-state index in [1.807, 2.05) is 31.2 Å². The van der Waals surface area contributed by atoms with E-state index in [0.717, 1.165) is 18.8 Å². The minimum atomic E-state index is -0.138. The largest absolute Gasteiger partial charge is 0.487 e. The molecule has 1 saturated heterocycles. The summed E-state index contributed by atoms with van der Waals surface area (Å²) >= 11 is 6.26. The molecule has 0 spiro atoms. The number of halogens is 1. The molecule has 1 aliphatic heterocycles. The fourth-order valence-corrected chi connectivity index (χ4v) is 3.66. The molecular weight excluding hydrogens is 402 g/mol. The molecule has 0 radical (unpaired) electrons. The van der Waals surface area contributed by atoms with Gasteiger partial charge in [-0.2, -0.15) is 0 Å². The second-order valence-electron chi connectivity index (χ2n) is 7.16. The van der Waals surface area contributed by atoms with Crippen molar-refractivity contribution in [3.05, 3.63) is 47.5 Å². The van der Waals surface area contributed by atoms with E-state index < -0.39 is 0 Å². The first kappa shape index (κ1) is 22.2. The average molecular weight is 432 g/mol. The van der Waals surface area contributed by atoms with Gasteiger partial charge in [0.1, 0.15) is 6.61 Å². The fraction of sp³-hybridized carbons (Fsp3) is 0.435. The van der Waals surface area contributed by atoms with Crippen LogP contribution in [0.2, 0.25) is 5.02 Å². The van der Waals surface area contributed by atoms with Gasteiger partial charge in [-0.25, -0.2) is 0 Å². The Balaban J connectivity index is 1.51. The van der Waals surface area contributed by atoms with Gasteiger partial charge in [0.2, 0.25) is 5.91 Å². The summed E-state index contributed by atoms with van der Waals surface area (Å²) in [5, 5.41) is 6.52. The molecule has 1 amide bonds. The third-order valence-corrected chi connectivity index (χ3v) is 5.25. The van der Waals surface area contributed by atoms with Crippen LogP contribution in [0.3, 0.4) is 0 Å². The molecule has 2 N–H and O–H groups in total. The highest BCUT2D eigenvalue weighted by Crippen LogP contribution is 2.32. The Labute approximate surface area is 183 Å². The van der Waals surface area contributed by atoms with Crippen LogP contribution in [0.25, 0.3) is 0 Å². The van der Waals surface area contributed by atoms with Crippen molar-refractivity contribution in [2.45, 2.75) is 26.2 Å². The molecule has 3 rings (SSSR count). The van der Waals surface area contributed by atoms with E-state index in [1.54, 1.807) is 6.07 Å². The summed E-state index contributed by atoms with van der Waals surface area (Å²) in [4.78, 5) is 14.8. The summed E-state index contributed by atoms with van der Waals surface area (Å²) in [6.07, 6.45) is 3.79. The number of nitrogens with zero attached hydrogens (tertiary/aromatic N) is 1. The standard InChI is InChI=1S/C23H30ClN3O3/c1-2-29-15-16-30-23-20(24)7-6-8-21(23)25-17-22(28)26-18-9-11-19(12-10-18)27-13-4-3-5-14-27/h6-12,25H,2-5,13-17H2,1H3,(H,26,28). The SMILES string of the molecule is CCOCCOc1c(Cl)cccc1NCC(=O)Nc1ccc(N2CCCCC2)cc1. The van der Waals surface area contributed by atoms with E-state index >= 15 is 0 Å². The van der Waals surface area contributed by atoms with Crippen LogP contribution in [0.1, 0.15) is 26.2 Å². The molecule has 1 fully saturated rings. The molecule has 162 valence electrons. The van der Waals surface area contributed by atoms with E-state index in [9.17, 15) is 4.79 Å². The van der Waals surface area contributed by atoms with Crippen LogP contribution in [0.5, 0.6) is 5.75 Å². The average Bonchev–Trinajstić information content (AvgIpc) is 2.77. The zero-order valence-corrected chi connectivity index (χ0v) is 18.2. The van der Waals surface area contributed by atoms with Gasteiger partial charge in [-0.05, 0) is 62.6 Å². The summed E-state index contributed by atoms with van der Waals surface area (Å²) in [6.45, 7) is 5.75. The predicted molar refractivity (Wildman–Crippen MR) is 123 cm³/mol. The Morgan fingerprint density at radius 2 is 1.83 bits per heavy atom. The number of rotatable bonds is 10. The highest BCUT2D eigenvalue weighted by atomic mass is 35.5. The fourth-order valence-electron chi connectivity index (χ4n) is 3.43. The smallest absolute Gasteiger partial charge is 0.243 e. The molecule has 0 unspecified atom stereocenters. The maximum atomic E-state index is 12.4. The second-order valence-corrected chi connectivity index (χ2v) is 7.57. The van der Waals surface area contributed by atoms with Gasteiger partial charge in [0.25, 0.3) is 0 Å². The van der Waals surface area contributed by atoms with Crippen molar-refractivity contribution in [3.63, 3.8) is 0 Å². The quantitative estimate of drug-likeness (QED) is 0.529. The summed E-state index contributed by atoms with van der Waals surface area (Å²) in [5.74, 6) is 0.388. The van der Waals surface area contributed by atoms with Crippen molar-refractivity contribution < 1.29 is 14.3 Å². The van der Waals surface area contributed by atoms with Crippen LogP contribution in [0.4, 0.5) is 17.1 Å². The normalized spacial score (nSPS) is 13.7. The Bertz CT molecular complexity index is 808. The van der Waals surface area contributed by atoms with Crippen molar-refractivity contribution in [3.8, 4) is 5.75 Å². The topological polar surface area (TPSA) is 62.8 Å². The molecule has 6 nitrogen and oxygen atoms in total. The van der Waals surface area contributed by atoms with Crippen molar-refractivity contribution in [2.24, 2.45) is 0 Å². The van der Waals surface area contributed by atoms with Crippen molar-refractivity contribution in [2.75, 3.05) is 55.0 Å². The minimum Gasteiger partial charge on any atom is -0.487 e. The lowest BCUT2D eigenvalue weighted by molar-refractivity contribution is -0.114. The number of nitrogens with one attached hydrogen (secondary N) is 2. The number of hydrogen-bond acceptors (Lipinski definition) is 5. The number of benzene rings is 2. The maximum Gasteiger partial charge on any atom is 0.243 e. The van der Waals surface area contributed by atoms with Crippen LogP contribution < -0.4 is 20.3 Å². The van der Waals surface area contributed by atoms with Gasteiger partial charge >= 0.3 is 0 Å². The first-order valence-corrected chi connectivity index (χ1v) is 10.9. The number of carbonyl (C=O) groups excluding carboxylic acids is 1. The molecule has 0 aliphatic carbocycles. The third kappa shape index (κ3) is 6.54. The van der Waals surface area contributed by atoms with Crippen LogP contribution in [-0.2, 0) is 9.53 Å².